The zero-order valence-corrected chi connectivity index (χ0v) is 11.2. The van der Waals surface area contributed by atoms with Crippen molar-refractivity contribution in [1.82, 2.24) is 4.31 Å². The maximum atomic E-state index is 11.5. The van der Waals surface area contributed by atoms with Crippen LogP contribution in [0.1, 0.15) is 12.8 Å². The number of nitrogens with two attached hydrogens (primary N) is 1. The molecule has 7 heteroatoms. The topological polar surface area (TPSA) is 80.5 Å². The van der Waals surface area contributed by atoms with E-state index in [-0.39, 0.29) is 5.92 Å². The van der Waals surface area contributed by atoms with E-state index in [9.17, 15) is 12.6 Å². The van der Waals surface area contributed by atoms with Gasteiger partial charge in [-0.25, -0.2) is 12.7 Å². The van der Waals surface area contributed by atoms with Crippen molar-refractivity contribution in [3.05, 3.63) is 0 Å². The van der Waals surface area contributed by atoms with Crippen LogP contribution in [0.15, 0.2) is 0 Å². The highest BCUT2D eigenvalue weighted by atomic mass is 32.2. The number of piperidine rings is 1. The third kappa shape index (κ3) is 4.48. The average Bonchev–Trinajstić information content (AvgIpc) is 2.17. The monoisotopic (exact) mass is 268 g/mol. The molecule has 0 aliphatic carbocycles. The summed E-state index contributed by atoms with van der Waals surface area (Å²) in [5.41, 5.74) is 5.33. The SMILES string of the molecule is CS(=O)(=O)N1CCCC(CS(=O)CCN)C1. The smallest absolute Gasteiger partial charge is 0.211 e. The summed E-state index contributed by atoms with van der Waals surface area (Å²) in [4.78, 5) is 0. The van der Waals surface area contributed by atoms with Gasteiger partial charge in [-0.15, -0.1) is 0 Å². The maximum Gasteiger partial charge on any atom is 0.211 e. The van der Waals surface area contributed by atoms with E-state index in [0.29, 0.717) is 31.1 Å². The van der Waals surface area contributed by atoms with E-state index in [1.165, 1.54) is 10.6 Å². The van der Waals surface area contributed by atoms with Crippen LogP contribution in [-0.2, 0) is 20.8 Å². The number of rotatable bonds is 5. The third-order valence-corrected chi connectivity index (χ3v) is 5.52. The Morgan fingerprint density at radius 3 is 2.75 bits per heavy atom. The van der Waals surface area contributed by atoms with Crippen LogP contribution >= 0.6 is 0 Å². The van der Waals surface area contributed by atoms with Gasteiger partial charge in [0.25, 0.3) is 0 Å². The quantitative estimate of drug-likeness (QED) is 0.719. The second-order valence-corrected chi connectivity index (χ2v) is 7.83. The summed E-state index contributed by atoms with van der Waals surface area (Å²) in [7, 11) is -4.00. The van der Waals surface area contributed by atoms with E-state index in [1.807, 2.05) is 0 Å². The van der Waals surface area contributed by atoms with Gasteiger partial charge in [-0.3, -0.25) is 4.21 Å². The minimum atomic E-state index is -3.10. The second-order valence-electron chi connectivity index (χ2n) is 4.23. The molecule has 5 nitrogen and oxygen atoms in total. The fourth-order valence-electron chi connectivity index (χ4n) is 1.94. The molecule has 0 aromatic carbocycles. The molecule has 0 aromatic rings. The van der Waals surface area contributed by atoms with E-state index in [2.05, 4.69) is 0 Å². The molecule has 2 unspecified atom stereocenters. The lowest BCUT2D eigenvalue weighted by Crippen LogP contribution is -2.41. The van der Waals surface area contributed by atoms with Gasteiger partial charge in [0.1, 0.15) is 0 Å². The summed E-state index contributed by atoms with van der Waals surface area (Å²) in [5.74, 6) is 1.30. The van der Waals surface area contributed by atoms with Gasteiger partial charge < -0.3 is 5.73 Å². The van der Waals surface area contributed by atoms with Gasteiger partial charge in [-0.2, -0.15) is 0 Å². The van der Waals surface area contributed by atoms with Gasteiger partial charge in [-0.05, 0) is 18.8 Å². The molecule has 1 fully saturated rings. The van der Waals surface area contributed by atoms with Gasteiger partial charge in [0.15, 0.2) is 0 Å². The molecule has 1 saturated heterocycles. The van der Waals surface area contributed by atoms with Crippen molar-refractivity contribution in [3.63, 3.8) is 0 Å². The molecule has 96 valence electrons. The molecular formula is C9H20N2O3S2. The molecule has 16 heavy (non-hydrogen) atoms. The molecule has 0 aromatic heterocycles. The standard InChI is InChI=1S/C9H20N2O3S2/c1-16(13,14)11-5-2-3-9(7-11)8-15(12)6-4-10/h9H,2-8,10H2,1H3. The van der Waals surface area contributed by atoms with Gasteiger partial charge in [-0.1, -0.05) is 0 Å². The molecule has 2 N–H and O–H groups in total. The number of nitrogens with zero attached hydrogens (tertiary/aromatic N) is 1. The zero-order chi connectivity index (χ0) is 12.2. The van der Waals surface area contributed by atoms with E-state index in [0.717, 1.165) is 12.8 Å². The van der Waals surface area contributed by atoms with Crippen LogP contribution in [0.4, 0.5) is 0 Å². The minimum absolute atomic E-state index is 0.218. The summed E-state index contributed by atoms with van der Waals surface area (Å²) in [6.45, 7) is 1.53. The van der Waals surface area contributed by atoms with Crippen molar-refractivity contribution in [2.45, 2.75) is 12.8 Å². The second kappa shape index (κ2) is 6.09. The van der Waals surface area contributed by atoms with Crippen molar-refractivity contribution in [1.29, 1.82) is 0 Å². The van der Waals surface area contributed by atoms with Gasteiger partial charge in [0.2, 0.25) is 10.0 Å². The normalized spacial score (nSPS) is 25.5. The highest BCUT2D eigenvalue weighted by Crippen LogP contribution is 2.19. The maximum absolute atomic E-state index is 11.5. The first kappa shape index (κ1) is 14.1. The Balaban J connectivity index is 2.48. The highest BCUT2D eigenvalue weighted by molar-refractivity contribution is 7.88. The van der Waals surface area contributed by atoms with E-state index in [4.69, 9.17) is 5.73 Å². The molecule has 0 radical (unpaired) electrons. The summed E-state index contributed by atoms with van der Waals surface area (Å²) in [5, 5.41) is 0. The predicted molar refractivity (Wildman–Crippen MR) is 66.1 cm³/mol. The predicted octanol–water partition coefficient (Wildman–Crippen LogP) is -0.635. The molecule has 1 aliphatic heterocycles. The molecule has 0 bridgehead atoms. The first-order valence-corrected chi connectivity index (χ1v) is 8.77. The lowest BCUT2D eigenvalue weighted by Gasteiger charge is -2.30. The molecule has 1 heterocycles. The molecule has 1 rings (SSSR count). The lowest BCUT2D eigenvalue weighted by molar-refractivity contribution is 0.285. The van der Waals surface area contributed by atoms with E-state index < -0.39 is 20.8 Å². The Morgan fingerprint density at radius 1 is 1.50 bits per heavy atom. The number of hydrogen-bond acceptors (Lipinski definition) is 4. The highest BCUT2D eigenvalue weighted by Gasteiger charge is 2.26. The summed E-state index contributed by atoms with van der Waals surface area (Å²) in [6, 6.07) is 0. The molecular weight excluding hydrogens is 248 g/mol. The summed E-state index contributed by atoms with van der Waals surface area (Å²) < 4.78 is 35.8. The van der Waals surface area contributed by atoms with Crippen molar-refractivity contribution in [2.24, 2.45) is 11.7 Å². The van der Waals surface area contributed by atoms with Crippen LogP contribution in [0.5, 0.6) is 0 Å². The van der Waals surface area contributed by atoms with Gasteiger partial charge in [0.05, 0.1) is 6.26 Å². The summed E-state index contributed by atoms with van der Waals surface area (Å²) in [6.07, 6.45) is 3.05. The Morgan fingerprint density at radius 2 is 2.19 bits per heavy atom. The Bertz CT molecular complexity index is 343. The van der Waals surface area contributed by atoms with Crippen LogP contribution in [-0.4, -0.2) is 54.3 Å². The van der Waals surface area contributed by atoms with Gasteiger partial charge >= 0.3 is 0 Å². The Kier molecular flexibility index (Phi) is 5.36. The number of hydrogen-bond donors (Lipinski definition) is 1. The fraction of sp³-hybridized carbons (Fsp3) is 1.00. The Labute approximate surface area is 99.9 Å². The van der Waals surface area contributed by atoms with Crippen LogP contribution < -0.4 is 5.73 Å². The van der Waals surface area contributed by atoms with Crippen molar-refractivity contribution < 1.29 is 12.6 Å². The van der Waals surface area contributed by atoms with Gasteiger partial charge in [0, 0.05) is 41.9 Å². The zero-order valence-electron chi connectivity index (χ0n) is 9.59. The van der Waals surface area contributed by atoms with Crippen LogP contribution in [0.2, 0.25) is 0 Å². The van der Waals surface area contributed by atoms with Crippen LogP contribution in [0.25, 0.3) is 0 Å². The van der Waals surface area contributed by atoms with Crippen molar-refractivity contribution in [2.75, 3.05) is 37.4 Å². The number of sulfonamides is 1. The van der Waals surface area contributed by atoms with Crippen LogP contribution in [0, 0.1) is 5.92 Å². The van der Waals surface area contributed by atoms with E-state index in [1.54, 1.807) is 0 Å². The van der Waals surface area contributed by atoms with E-state index >= 15 is 0 Å². The molecule has 0 saturated carbocycles. The first-order chi connectivity index (χ1) is 7.43. The molecule has 0 spiro atoms. The third-order valence-electron chi connectivity index (χ3n) is 2.72. The fourth-order valence-corrected chi connectivity index (χ4v) is 4.11. The first-order valence-electron chi connectivity index (χ1n) is 5.43. The van der Waals surface area contributed by atoms with Crippen LogP contribution in [0.3, 0.4) is 0 Å². The lowest BCUT2D eigenvalue weighted by atomic mass is 10.0. The average molecular weight is 268 g/mol. The van der Waals surface area contributed by atoms with Crippen molar-refractivity contribution in [3.8, 4) is 0 Å². The summed E-state index contributed by atoms with van der Waals surface area (Å²) >= 11 is 0. The largest absolute Gasteiger partial charge is 0.330 e. The minimum Gasteiger partial charge on any atom is -0.330 e. The van der Waals surface area contributed by atoms with Crippen molar-refractivity contribution >= 4 is 20.8 Å². The Hall–Kier alpha value is 0.0200. The molecule has 2 atom stereocenters. The molecule has 1 aliphatic rings. The molecule has 0 amide bonds.